The normalized spacial score (nSPS) is 12.6. The van der Waals surface area contributed by atoms with Gasteiger partial charge in [0.15, 0.2) is 0 Å². The van der Waals surface area contributed by atoms with Crippen molar-refractivity contribution in [2.45, 2.75) is 26.2 Å². The number of benzene rings is 1. The Morgan fingerprint density at radius 2 is 2.17 bits per heavy atom. The molecule has 0 saturated heterocycles. The molecule has 96 valence electrons. The summed E-state index contributed by atoms with van der Waals surface area (Å²) in [6.07, 6.45) is 2.91. The van der Waals surface area contributed by atoms with Gasteiger partial charge in [0.25, 0.3) is 0 Å². The molecule has 18 heavy (non-hydrogen) atoms. The molecule has 1 atom stereocenters. The van der Waals surface area contributed by atoms with E-state index in [-0.39, 0.29) is 0 Å². The number of aromatic nitrogens is 1. The molecule has 0 amide bonds. The molecule has 2 aromatic rings. The maximum absolute atomic E-state index is 4.41. The molecular formula is C15H20N2S. The van der Waals surface area contributed by atoms with Gasteiger partial charge in [0.2, 0.25) is 0 Å². The molecule has 1 heterocycles. The lowest BCUT2D eigenvalue weighted by atomic mass is 9.92. The van der Waals surface area contributed by atoms with Crippen molar-refractivity contribution < 1.29 is 0 Å². The van der Waals surface area contributed by atoms with Crippen LogP contribution in [0.3, 0.4) is 0 Å². The maximum atomic E-state index is 4.41. The first kappa shape index (κ1) is 13.2. The second-order valence-corrected chi connectivity index (χ2v) is 5.47. The Balaban J connectivity index is 2.16. The van der Waals surface area contributed by atoms with Crippen LogP contribution in [0.1, 0.15) is 29.0 Å². The van der Waals surface area contributed by atoms with Crippen LogP contribution in [0.4, 0.5) is 0 Å². The topological polar surface area (TPSA) is 24.9 Å². The van der Waals surface area contributed by atoms with Crippen molar-refractivity contribution in [3.8, 4) is 0 Å². The third-order valence-corrected chi connectivity index (χ3v) is 3.98. The van der Waals surface area contributed by atoms with Crippen LogP contribution >= 0.6 is 11.3 Å². The molecule has 0 aliphatic heterocycles. The fourth-order valence-corrected chi connectivity index (χ4v) is 2.92. The number of nitrogens with zero attached hydrogens (tertiary/aromatic N) is 1. The van der Waals surface area contributed by atoms with Gasteiger partial charge in [0.05, 0.1) is 5.01 Å². The van der Waals surface area contributed by atoms with Gasteiger partial charge in [-0.05, 0) is 24.6 Å². The molecule has 0 bridgehead atoms. The standard InChI is InChI=1S/C15H20N2S/c1-3-16-11-13(10-15-17-8-9-18-15)14-7-5-4-6-12(14)2/h4-9,13,16H,3,10-11H2,1-2H3. The van der Waals surface area contributed by atoms with E-state index in [4.69, 9.17) is 0 Å². The Bertz CT molecular complexity index is 465. The summed E-state index contributed by atoms with van der Waals surface area (Å²) >= 11 is 1.75. The highest BCUT2D eigenvalue weighted by Crippen LogP contribution is 2.24. The van der Waals surface area contributed by atoms with E-state index in [1.54, 1.807) is 11.3 Å². The number of hydrogen-bond donors (Lipinski definition) is 1. The van der Waals surface area contributed by atoms with Gasteiger partial charge >= 0.3 is 0 Å². The molecule has 0 aliphatic carbocycles. The number of likely N-dealkylation sites (N-methyl/N-ethyl adjacent to an activating group) is 1. The molecule has 3 heteroatoms. The Kier molecular flexibility index (Phi) is 4.90. The van der Waals surface area contributed by atoms with Gasteiger partial charge in [-0.25, -0.2) is 4.98 Å². The van der Waals surface area contributed by atoms with E-state index in [0.717, 1.165) is 19.5 Å². The molecule has 1 unspecified atom stereocenters. The van der Waals surface area contributed by atoms with E-state index in [1.807, 2.05) is 6.20 Å². The first-order valence-corrected chi connectivity index (χ1v) is 7.33. The van der Waals surface area contributed by atoms with Gasteiger partial charge in [0, 0.05) is 30.5 Å². The van der Waals surface area contributed by atoms with Crippen molar-refractivity contribution in [2.75, 3.05) is 13.1 Å². The van der Waals surface area contributed by atoms with E-state index < -0.39 is 0 Å². The zero-order chi connectivity index (χ0) is 12.8. The summed E-state index contributed by atoms with van der Waals surface area (Å²) in [5, 5.41) is 6.74. The monoisotopic (exact) mass is 260 g/mol. The van der Waals surface area contributed by atoms with E-state index >= 15 is 0 Å². The highest BCUT2D eigenvalue weighted by atomic mass is 32.1. The van der Waals surface area contributed by atoms with Crippen LogP contribution in [-0.2, 0) is 6.42 Å². The summed E-state index contributed by atoms with van der Waals surface area (Å²) in [4.78, 5) is 4.41. The van der Waals surface area contributed by atoms with Crippen molar-refractivity contribution in [1.29, 1.82) is 0 Å². The summed E-state index contributed by atoms with van der Waals surface area (Å²) in [7, 11) is 0. The molecule has 0 radical (unpaired) electrons. The molecule has 1 aromatic heterocycles. The number of hydrogen-bond acceptors (Lipinski definition) is 3. The van der Waals surface area contributed by atoms with Crippen LogP contribution in [0.5, 0.6) is 0 Å². The van der Waals surface area contributed by atoms with Crippen LogP contribution in [0.15, 0.2) is 35.8 Å². The zero-order valence-corrected chi connectivity index (χ0v) is 11.8. The molecule has 0 aliphatic rings. The SMILES string of the molecule is CCNCC(Cc1nccs1)c1ccccc1C. The van der Waals surface area contributed by atoms with Crippen LogP contribution in [-0.4, -0.2) is 18.1 Å². The Labute approximate surface area is 113 Å². The van der Waals surface area contributed by atoms with Gasteiger partial charge < -0.3 is 5.32 Å². The summed E-state index contributed by atoms with van der Waals surface area (Å²) in [5.41, 5.74) is 2.81. The molecule has 1 aromatic carbocycles. The second-order valence-electron chi connectivity index (χ2n) is 4.49. The van der Waals surface area contributed by atoms with Crippen LogP contribution in [0, 0.1) is 6.92 Å². The summed E-state index contributed by atoms with van der Waals surface area (Å²) in [6, 6.07) is 8.66. The first-order valence-electron chi connectivity index (χ1n) is 6.46. The summed E-state index contributed by atoms with van der Waals surface area (Å²) < 4.78 is 0. The molecule has 0 spiro atoms. The van der Waals surface area contributed by atoms with Crippen molar-refractivity contribution >= 4 is 11.3 Å². The second kappa shape index (κ2) is 6.66. The van der Waals surface area contributed by atoms with E-state index in [0.29, 0.717) is 5.92 Å². The fraction of sp³-hybridized carbons (Fsp3) is 0.400. The van der Waals surface area contributed by atoms with Crippen molar-refractivity contribution in [3.63, 3.8) is 0 Å². The smallest absolute Gasteiger partial charge is 0.0931 e. The highest BCUT2D eigenvalue weighted by molar-refractivity contribution is 7.09. The van der Waals surface area contributed by atoms with E-state index in [2.05, 4.69) is 53.8 Å². The summed E-state index contributed by atoms with van der Waals surface area (Å²) in [5.74, 6) is 0.511. The van der Waals surface area contributed by atoms with Gasteiger partial charge in [-0.15, -0.1) is 11.3 Å². The molecule has 0 fully saturated rings. The molecular weight excluding hydrogens is 240 g/mol. The molecule has 2 rings (SSSR count). The molecule has 1 N–H and O–H groups in total. The van der Waals surface area contributed by atoms with Gasteiger partial charge in [-0.3, -0.25) is 0 Å². The van der Waals surface area contributed by atoms with Gasteiger partial charge in [-0.1, -0.05) is 31.2 Å². The zero-order valence-electron chi connectivity index (χ0n) is 11.0. The van der Waals surface area contributed by atoms with Crippen LogP contribution in [0.2, 0.25) is 0 Å². The largest absolute Gasteiger partial charge is 0.316 e. The van der Waals surface area contributed by atoms with Crippen LogP contribution < -0.4 is 5.32 Å². The average molecular weight is 260 g/mol. The number of nitrogens with one attached hydrogen (secondary N) is 1. The third kappa shape index (κ3) is 3.40. The van der Waals surface area contributed by atoms with Gasteiger partial charge in [-0.2, -0.15) is 0 Å². The minimum Gasteiger partial charge on any atom is -0.316 e. The third-order valence-electron chi connectivity index (χ3n) is 3.17. The fourth-order valence-electron chi connectivity index (χ4n) is 2.22. The van der Waals surface area contributed by atoms with Crippen molar-refractivity contribution in [1.82, 2.24) is 10.3 Å². The number of aryl methyl sites for hydroxylation is 1. The predicted octanol–water partition coefficient (Wildman–Crippen LogP) is 3.39. The number of rotatable bonds is 6. The molecule has 0 saturated carbocycles. The Hall–Kier alpha value is -1.19. The first-order chi connectivity index (χ1) is 8.81. The van der Waals surface area contributed by atoms with Crippen molar-refractivity contribution in [3.05, 3.63) is 52.0 Å². The quantitative estimate of drug-likeness (QED) is 0.861. The lowest BCUT2D eigenvalue weighted by Crippen LogP contribution is -2.23. The minimum atomic E-state index is 0.511. The lowest BCUT2D eigenvalue weighted by Gasteiger charge is -2.18. The lowest BCUT2D eigenvalue weighted by molar-refractivity contribution is 0.591. The van der Waals surface area contributed by atoms with E-state index in [9.17, 15) is 0 Å². The average Bonchev–Trinajstić information content (AvgIpc) is 2.88. The molecule has 2 nitrogen and oxygen atoms in total. The Morgan fingerprint density at radius 1 is 1.33 bits per heavy atom. The maximum Gasteiger partial charge on any atom is 0.0931 e. The van der Waals surface area contributed by atoms with Crippen LogP contribution in [0.25, 0.3) is 0 Å². The van der Waals surface area contributed by atoms with Crippen molar-refractivity contribution in [2.24, 2.45) is 0 Å². The summed E-state index contributed by atoms with van der Waals surface area (Å²) in [6.45, 7) is 6.37. The number of thiazole rings is 1. The highest BCUT2D eigenvalue weighted by Gasteiger charge is 2.15. The Morgan fingerprint density at radius 3 is 2.83 bits per heavy atom. The van der Waals surface area contributed by atoms with Gasteiger partial charge in [0.1, 0.15) is 0 Å². The minimum absolute atomic E-state index is 0.511. The predicted molar refractivity (Wildman–Crippen MR) is 78.3 cm³/mol. The van der Waals surface area contributed by atoms with E-state index in [1.165, 1.54) is 16.1 Å².